The van der Waals surface area contributed by atoms with Gasteiger partial charge in [-0.2, -0.15) is 0 Å². The largest absolute Gasteiger partial charge is 0.373 e. The molecule has 2 unspecified atom stereocenters. The fourth-order valence-electron chi connectivity index (χ4n) is 4.46. The number of guanidine groups is 1. The van der Waals surface area contributed by atoms with E-state index in [0.717, 1.165) is 45.0 Å². The Morgan fingerprint density at radius 2 is 1.90 bits per heavy atom. The van der Waals surface area contributed by atoms with Crippen molar-refractivity contribution < 1.29 is 4.74 Å². The van der Waals surface area contributed by atoms with E-state index in [9.17, 15) is 0 Å². The minimum atomic E-state index is 0. The molecule has 0 aliphatic carbocycles. The molecule has 0 amide bonds. The average Bonchev–Trinajstić information content (AvgIpc) is 2.98. The maximum absolute atomic E-state index is 6.16. The van der Waals surface area contributed by atoms with Crippen LogP contribution in [0.3, 0.4) is 0 Å². The third kappa shape index (κ3) is 8.86. The second-order valence-corrected chi connectivity index (χ2v) is 8.84. The van der Waals surface area contributed by atoms with Gasteiger partial charge in [0.1, 0.15) is 0 Å². The molecule has 0 bridgehead atoms. The summed E-state index contributed by atoms with van der Waals surface area (Å²) in [5.41, 5.74) is 2.58. The molecular formula is C24H42IN5O. The molecule has 0 aromatic heterocycles. The highest BCUT2D eigenvalue weighted by Crippen LogP contribution is 2.33. The van der Waals surface area contributed by atoms with Crippen LogP contribution in [0.5, 0.6) is 0 Å². The van der Waals surface area contributed by atoms with Crippen molar-refractivity contribution in [2.45, 2.75) is 38.7 Å². The summed E-state index contributed by atoms with van der Waals surface area (Å²) in [5.74, 6) is 1.37. The number of halogens is 1. The average molecular weight is 544 g/mol. The Hall–Kier alpha value is -0.900. The van der Waals surface area contributed by atoms with E-state index in [1.165, 1.54) is 50.1 Å². The van der Waals surface area contributed by atoms with Gasteiger partial charge in [0.15, 0.2) is 5.96 Å². The van der Waals surface area contributed by atoms with Crippen LogP contribution in [0, 0.1) is 12.8 Å². The van der Waals surface area contributed by atoms with Crippen LogP contribution in [0.25, 0.3) is 0 Å². The molecule has 2 aliphatic heterocycles. The third-order valence-corrected chi connectivity index (χ3v) is 6.36. The zero-order valence-corrected chi connectivity index (χ0v) is 21.9. The molecule has 2 fully saturated rings. The number of ether oxygens (including phenoxy) is 1. The predicted octanol–water partition coefficient (Wildman–Crippen LogP) is 3.27. The summed E-state index contributed by atoms with van der Waals surface area (Å²) < 4.78 is 6.16. The van der Waals surface area contributed by atoms with Crippen LogP contribution >= 0.6 is 24.0 Å². The third-order valence-electron chi connectivity index (χ3n) is 6.36. The van der Waals surface area contributed by atoms with Crippen molar-refractivity contribution in [2.24, 2.45) is 10.9 Å². The van der Waals surface area contributed by atoms with Crippen molar-refractivity contribution in [3.05, 3.63) is 35.4 Å². The van der Waals surface area contributed by atoms with Gasteiger partial charge in [-0.05, 0) is 64.9 Å². The summed E-state index contributed by atoms with van der Waals surface area (Å²) in [5, 5.41) is 7.04. The SMILES string of the molecule is CN=C(NCCCN1CCCN(C)CC1)NCC1CCCOC1c1ccc(C)cc1.I. The highest BCUT2D eigenvalue weighted by atomic mass is 127. The number of hydrogen-bond donors (Lipinski definition) is 2. The van der Waals surface area contributed by atoms with Crippen molar-refractivity contribution in [1.82, 2.24) is 20.4 Å². The summed E-state index contributed by atoms with van der Waals surface area (Å²) in [6.07, 6.45) is 4.91. The van der Waals surface area contributed by atoms with Gasteiger partial charge >= 0.3 is 0 Å². The lowest BCUT2D eigenvalue weighted by Crippen LogP contribution is -2.42. The fourth-order valence-corrected chi connectivity index (χ4v) is 4.46. The Bertz CT molecular complexity index is 654. The summed E-state index contributed by atoms with van der Waals surface area (Å²) in [6.45, 7) is 10.8. The Morgan fingerprint density at radius 3 is 2.68 bits per heavy atom. The van der Waals surface area contributed by atoms with Crippen molar-refractivity contribution in [1.29, 1.82) is 0 Å². The smallest absolute Gasteiger partial charge is 0.190 e. The summed E-state index contributed by atoms with van der Waals surface area (Å²) in [4.78, 5) is 9.45. The van der Waals surface area contributed by atoms with E-state index in [4.69, 9.17) is 4.74 Å². The topological polar surface area (TPSA) is 52.1 Å². The summed E-state index contributed by atoms with van der Waals surface area (Å²) in [6, 6.07) is 8.79. The van der Waals surface area contributed by atoms with Crippen LogP contribution in [0.2, 0.25) is 0 Å². The molecular weight excluding hydrogens is 501 g/mol. The van der Waals surface area contributed by atoms with E-state index < -0.39 is 0 Å². The van der Waals surface area contributed by atoms with Crippen molar-refractivity contribution in [2.75, 3.05) is 66.5 Å². The highest BCUT2D eigenvalue weighted by molar-refractivity contribution is 14.0. The number of likely N-dealkylation sites (N-methyl/N-ethyl adjacent to an activating group) is 1. The van der Waals surface area contributed by atoms with Gasteiger partial charge in [0.05, 0.1) is 6.10 Å². The van der Waals surface area contributed by atoms with Crippen LogP contribution in [-0.4, -0.2) is 82.3 Å². The van der Waals surface area contributed by atoms with Gasteiger partial charge in [-0.25, -0.2) is 0 Å². The number of hydrogen-bond acceptors (Lipinski definition) is 4. The molecule has 1 aromatic carbocycles. The quantitative estimate of drug-likeness (QED) is 0.239. The Balaban J connectivity index is 0.00000341. The minimum absolute atomic E-state index is 0. The molecule has 2 saturated heterocycles. The minimum Gasteiger partial charge on any atom is -0.373 e. The number of aliphatic imine (C=N–C) groups is 1. The van der Waals surface area contributed by atoms with Gasteiger partial charge in [-0.1, -0.05) is 29.8 Å². The molecule has 0 spiro atoms. The second-order valence-electron chi connectivity index (χ2n) is 8.84. The molecule has 6 nitrogen and oxygen atoms in total. The number of aryl methyl sites for hydroxylation is 1. The first kappa shape index (κ1) is 26.4. The Labute approximate surface area is 206 Å². The first-order valence-corrected chi connectivity index (χ1v) is 11.7. The van der Waals surface area contributed by atoms with Gasteiger partial charge in [0.2, 0.25) is 0 Å². The Morgan fingerprint density at radius 1 is 1.10 bits per heavy atom. The van der Waals surface area contributed by atoms with Crippen LogP contribution in [-0.2, 0) is 4.74 Å². The van der Waals surface area contributed by atoms with Crippen molar-refractivity contribution in [3.8, 4) is 0 Å². The standard InChI is InChI=1S/C24H41N5O.HI/c1-20-8-10-21(11-9-20)23-22(7-4-18-30-23)19-27-24(25-2)26-12-5-14-29-15-6-13-28(3)16-17-29;/h8-11,22-23H,4-7,12-19H2,1-3H3,(H2,25,26,27);1H. The number of rotatable bonds is 7. The van der Waals surface area contributed by atoms with E-state index in [1.54, 1.807) is 0 Å². The van der Waals surface area contributed by atoms with E-state index in [2.05, 4.69) is 63.7 Å². The second kappa shape index (κ2) is 14.3. The van der Waals surface area contributed by atoms with Crippen LogP contribution < -0.4 is 10.6 Å². The first-order chi connectivity index (χ1) is 14.7. The zero-order valence-electron chi connectivity index (χ0n) is 19.6. The van der Waals surface area contributed by atoms with Gasteiger partial charge in [0.25, 0.3) is 0 Å². The number of nitrogens with zero attached hydrogens (tertiary/aromatic N) is 3. The van der Waals surface area contributed by atoms with E-state index in [0.29, 0.717) is 5.92 Å². The summed E-state index contributed by atoms with van der Waals surface area (Å²) >= 11 is 0. The number of nitrogens with one attached hydrogen (secondary N) is 2. The van der Waals surface area contributed by atoms with E-state index >= 15 is 0 Å². The molecule has 2 atom stereocenters. The lowest BCUT2D eigenvalue weighted by atomic mass is 9.89. The lowest BCUT2D eigenvalue weighted by Gasteiger charge is -2.32. The van der Waals surface area contributed by atoms with Gasteiger partial charge in [-0.15, -0.1) is 24.0 Å². The molecule has 2 aliphatic rings. The normalized spacial score (nSPS) is 23.6. The maximum atomic E-state index is 6.16. The lowest BCUT2D eigenvalue weighted by molar-refractivity contribution is -0.0265. The Kier molecular flexibility index (Phi) is 12.1. The number of benzene rings is 1. The first-order valence-electron chi connectivity index (χ1n) is 11.7. The van der Waals surface area contributed by atoms with Gasteiger partial charge < -0.3 is 25.2 Å². The van der Waals surface area contributed by atoms with Gasteiger partial charge in [-0.3, -0.25) is 4.99 Å². The van der Waals surface area contributed by atoms with Gasteiger partial charge in [0, 0.05) is 45.8 Å². The van der Waals surface area contributed by atoms with E-state index in [1.807, 2.05) is 7.05 Å². The molecule has 2 N–H and O–H groups in total. The molecule has 7 heteroatoms. The van der Waals surface area contributed by atoms with Crippen LogP contribution in [0.4, 0.5) is 0 Å². The van der Waals surface area contributed by atoms with Crippen molar-refractivity contribution in [3.63, 3.8) is 0 Å². The summed E-state index contributed by atoms with van der Waals surface area (Å²) in [7, 11) is 4.08. The molecule has 3 rings (SSSR count). The van der Waals surface area contributed by atoms with Crippen LogP contribution in [0.15, 0.2) is 29.3 Å². The molecule has 0 radical (unpaired) electrons. The fraction of sp³-hybridized carbons (Fsp3) is 0.708. The molecule has 0 saturated carbocycles. The molecule has 176 valence electrons. The van der Waals surface area contributed by atoms with E-state index in [-0.39, 0.29) is 30.1 Å². The predicted molar refractivity (Wildman–Crippen MR) is 141 cm³/mol. The van der Waals surface area contributed by atoms with Crippen molar-refractivity contribution >= 4 is 29.9 Å². The molecule has 2 heterocycles. The molecule has 31 heavy (non-hydrogen) atoms. The zero-order chi connectivity index (χ0) is 21.2. The molecule has 1 aromatic rings. The monoisotopic (exact) mass is 543 g/mol. The van der Waals surface area contributed by atoms with Crippen LogP contribution in [0.1, 0.15) is 42.9 Å². The highest BCUT2D eigenvalue weighted by Gasteiger charge is 2.27. The maximum Gasteiger partial charge on any atom is 0.190 e.